The molecule has 2 aromatic carbocycles. The number of hydrogen-bond donors (Lipinski definition) is 2. The van der Waals surface area contributed by atoms with E-state index in [9.17, 15) is 13.2 Å². The second-order valence-electron chi connectivity index (χ2n) is 10.2. The molecule has 11 heteroatoms. The summed E-state index contributed by atoms with van der Waals surface area (Å²) in [5, 5.41) is 13.4. The summed E-state index contributed by atoms with van der Waals surface area (Å²) >= 11 is 0. The summed E-state index contributed by atoms with van der Waals surface area (Å²) < 4.78 is 46.9. The smallest absolute Gasteiger partial charge is 0.419 e. The van der Waals surface area contributed by atoms with E-state index in [0.717, 1.165) is 70.1 Å². The second-order valence-corrected chi connectivity index (χ2v) is 10.2. The largest absolute Gasteiger partial charge is 0.494 e. The number of anilines is 2. The van der Waals surface area contributed by atoms with Gasteiger partial charge in [-0.15, -0.1) is 0 Å². The van der Waals surface area contributed by atoms with Gasteiger partial charge in [0.1, 0.15) is 5.75 Å². The number of para-hydroxylation sites is 1. The van der Waals surface area contributed by atoms with Crippen molar-refractivity contribution in [2.45, 2.75) is 52.8 Å². The van der Waals surface area contributed by atoms with Crippen LogP contribution >= 0.6 is 0 Å². The molecule has 1 aliphatic heterocycles. The van der Waals surface area contributed by atoms with Gasteiger partial charge >= 0.3 is 6.18 Å². The maximum absolute atomic E-state index is 13.1. The van der Waals surface area contributed by atoms with E-state index in [1.54, 1.807) is 7.11 Å². The maximum Gasteiger partial charge on any atom is 0.419 e. The van der Waals surface area contributed by atoms with Gasteiger partial charge in [-0.2, -0.15) is 18.3 Å². The quantitative estimate of drug-likeness (QED) is 0.209. The van der Waals surface area contributed by atoms with Gasteiger partial charge in [0.25, 0.3) is 0 Å². The van der Waals surface area contributed by atoms with E-state index >= 15 is 0 Å². The van der Waals surface area contributed by atoms with Crippen molar-refractivity contribution in [2.24, 2.45) is 0 Å². The SMILES string of the molecule is CCCc1cccc(C)c1-n1nc2c(c1-c1cc(C)c(OC)c(N)c1C=N)CN(c1ncc(C(F)(F)F)cn1)CC2. The zero-order chi connectivity index (χ0) is 29.5. The summed E-state index contributed by atoms with van der Waals surface area (Å²) in [6.45, 7) is 6.90. The molecule has 0 aliphatic carbocycles. The molecule has 0 bridgehead atoms. The number of alkyl halides is 3. The molecule has 0 unspecified atom stereocenters. The summed E-state index contributed by atoms with van der Waals surface area (Å²) in [5.74, 6) is 0.720. The lowest BCUT2D eigenvalue weighted by Gasteiger charge is -2.27. The molecule has 0 saturated heterocycles. The molecule has 3 N–H and O–H groups in total. The van der Waals surface area contributed by atoms with Gasteiger partial charge in [0, 0.05) is 54.8 Å². The molecular formula is C30H32F3N7O. The Morgan fingerprint density at radius 2 is 1.88 bits per heavy atom. The number of hydrogen-bond acceptors (Lipinski definition) is 7. The highest BCUT2D eigenvalue weighted by atomic mass is 19.4. The Morgan fingerprint density at radius 1 is 1.15 bits per heavy atom. The van der Waals surface area contributed by atoms with Gasteiger partial charge < -0.3 is 20.8 Å². The first-order chi connectivity index (χ1) is 19.6. The number of nitrogens with two attached hydrogens (primary N) is 1. The van der Waals surface area contributed by atoms with Crippen LogP contribution in [0.5, 0.6) is 5.75 Å². The van der Waals surface area contributed by atoms with Gasteiger partial charge in [0.05, 0.1) is 35.4 Å². The minimum Gasteiger partial charge on any atom is -0.494 e. The molecule has 5 rings (SSSR count). The minimum atomic E-state index is -4.51. The molecule has 0 saturated carbocycles. The molecule has 4 aromatic rings. The monoisotopic (exact) mass is 563 g/mol. The van der Waals surface area contributed by atoms with Crippen molar-refractivity contribution in [1.29, 1.82) is 5.41 Å². The fourth-order valence-corrected chi connectivity index (χ4v) is 5.57. The standard InChI is InChI=1S/C30H32F3N7O/c1-5-7-19-9-6-8-17(2)26(19)40-27(21-12-18(3)28(41-4)25(35)22(21)13-34)23-16-39(11-10-24(23)38-40)29-36-14-20(15-37-29)30(31,32)33/h6,8-9,12-15,34H,5,7,10-11,16,35H2,1-4H3. The van der Waals surface area contributed by atoms with Crippen LogP contribution in [0.1, 0.15) is 52.4 Å². The van der Waals surface area contributed by atoms with E-state index in [2.05, 4.69) is 23.0 Å². The fourth-order valence-electron chi connectivity index (χ4n) is 5.57. The summed E-state index contributed by atoms with van der Waals surface area (Å²) in [6, 6.07) is 8.14. The molecule has 2 aromatic heterocycles. The van der Waals surface area contributed by atoms with Crippen molar-refractivity contribution < 1.29 is 17.9 Å². The zero-order valence-corrected chi connectivity index (χ0v) is 23.4. The molecule has 0 amide bonds. The molecule has 0 atom stereocenters. The number of benzene rings is 2. The van der Waals surface area contributed by atoms with E-state index in [1.807, 2.05) is 41.6 Å². The Morgan fingerprint density at radius 3 is 2.51 bits per heavy atom. The average Bonchev–Trinajstić information content (AvgIpc) is 3.31. The number of halogens is 3. The number of aryl methyl sites for hydroxylation is 3. The normalized spacial score (nSPS) is 13.3. The number of aromatic nitrogens is 4. The van der Waals surface area contributed by atoms with Crippen LogP contribution in [-0.2, 0) is 25.6 Å². The van der Waals surface area contributed by atoms with E-state index in [-0.39, 0.29) is 5.95 Å². The van der Waals surface area contributed by atoms with Crippen LogP contribution in [0.4, 0.5) is 24.8 Å². The lowest BCUT2D eigenvalue weighted by atomic mass is 9.94. The molecule has 214 valence electrons. The number of rotatable bonds is 7. The van der Waals surface area contributed by atoms with Crippen molar-refractivity contribution in [3.8, 4) is 22.7 Å². The first kappa shape index (κ1) is 28.1. The van der Waals surface area contributed by atoms with Gasteiger partial charge in [-0.25, -0.2) is 14.6 Å². The number of nitrogen functional groups attached to an aromatic ring is 1. The van der Waals surface area contributed by atoms with Crippen LogP contribution in [0.15, 0.2) is 36.7 Å². The predicted molar refractivity (Wildman–Crippen MR) is 153 cm³/mol. The van der Waals surface area contributed by atoms with Crippen LogP contribution in [0.3, 0.4) is 0 Å². The Kier molecular flexibility index (Phi) is 7.46. The molecule has 41 heavy (non-hydrogen) atoms. The number of ether oxygens (including phenoxy) is 1. The summed E-state index contributed by atoms with van der Waals surface area (Å²) in [4.78, 5) is 9.94. The third-order valence-corrected chi connectivity index (χ3v) is 7.48. The molecule has 0 fully saturated rings. The molecule has 1 aliphatic rings. The maximum atomic E-state index is 13.1. The lowest BCUT2D eigenvalue weighted by Crippen LogP contribution is -2.31. The first-order valence-corrected chi connectivity index (χ1v) is 13.4. The van der Waals surface area contributed by atoms with Crippen molar-refractivity contribution in [3.63, 3.8) is 0 Å². The Hall–Kier alpha value is -4.41. The van der Waals surface area contributed by atoms with Crippen molar-refractivity contribution >= 4 is 17.9 Å². The van der Waals surface area contributed by atoms with E-state index < -0.39 is 11.7 Å². The second kappa shape index (κ2) is 10.9. The van der Waals surface area contributed by atoms with Gasteiger partial charge in [-0.05, 0) is 43.0 Å². The number of fused-ring (bicyclic) bond motifs is 1. The topological polar surface area (TPSA) is 106 Å². The number of nitrogens with zero attached hydrogens (tertiary/aromatic N) is 5. The third-order valence-electron chi connectivity index (χ3n) is 7.48. The van der Waals surface area contributed by atoms with Gasteiger partial charge in [0.15, 0.2) is 0 Å². The van der Waals surface area contributed by atoms with Crippen molar-refractivity contribution in [1.82, 2.24) is 19.7 Å². The summed E-state index contributed by atoms with van der Waals surface area (Å²) in [5.41, 5.74) is 13.7. The number of methoxy groups -OCH3 is 1. The average molecular weight is 564 g/mol. The van der Waals surface area contributed by atoms with E-state index in [4.69, 9.17) is 21.0 Å². The molecule has 0 spiro atoms. The van der Waals surface area contributed by atoms with Crippen LogP contribution in [0.25, 0.3) is 16.9 Å². The van der Waals surface area contributed by atoms with E-state index in [1.165, 1.54) is 6.21 Å². The Balaban J connectivity index is 1.74. The molecule has 3 heterocycles. The highest BCUT2D eigenvalue weighted by Crippen LogP contribution is 2.41. The molecule has 8 nitrogen and oxygen atoms in total. The van der Waals surface area contributed by atoms with Crippen LogP contribution < -0.4 is 15.4 Å². The third kappa shape index (κ3) is 5.00. The lowest BCUT2D eigenvalue weighted by molar-refractivity contribution is -0.138. The molecule has 0 radical (unpaired) electrons. The van der Waals surface area contributed by atoms with Gasteiger partial charge in [0.2, 0.25) is 5.95 Å². The fraction of sp³-hybridized carbons (Fsp3) is 0.333. The predicted octanol–water partition coefficient (Wildman–Crippen LogP) is 6.07. The Bertz CT molecular complexity index is 1610. The van der Waals surface area contributed by atoms with Gasteiger partial charge in [-0.3, -0.25) is 0 Å². The molecular weight excluding hydrogens is 531 g/mol. The Labute approximate surface area is 236 Å². The first-order valence-electron chi connectivity index (χ1n) is 13.4. The minimum absolute atomic E-state index is 0.211. The van der Waals surface area contributed by atoms with Crippen LogP contribution in [-0.4, -0.2) is 39.6 Å². The highest BCUT2D eigenvalue weighted by molar-refractivity contribution is 5.98. The van der Waals surface area contributed by atoms with Crippen molar-refractivity contribution in [2.75, 3.05) is 24.3 Å². The highest BCUT2D eigenvalue weighted by Gasteiger charge is 2.33. The van der Waals surface area contributed by atoms with Crippen molar-refractivity contribution in [3.05, 3.63) is 75.7 Å². The summed E-state index contributed by atoms with van der Waals surface area (Å²) in [6.07, 6.45) is 0.682. The summed E-state index contributed by atoms with van der Waals surface area (Å²) in [7, 11) is 1.55. The van der Waals surface area contributed by atoms with Crippen LogP contribution in [0, 0.1) is 19.3 Å². The zero-order valence-electron chi connectivity index (χ0n) is 23.4. The van der Waals surface area contributed by atoms with E-state index in [0.29, 0.717) is 36.5 Å². The number of nitrogens with one attached hydrogen (secondary N) is 1. The van der Waals surface area contributed by atoms with Crippen LogP contribution in [0.2, 0.25) is 0 Å². The van der Waals surface area contributed by atoms with Gasteiger partial charge in [-0.1, -0.05) is 31.5 Å².